The smallest absolute Gasteiger partial charge is 0.358 e. The third kappa shape index (κ3) is 2.83. The molecule has 0 bridgehead atoms. The van der Waals surface area contributed by atoms with Crippen molar-refractivity contribution in [1.29, 1.82) is 0 Å². The SMILES string of the molecule is CCOC(=O)c1cc(N)n(-c2ccc(Cl)cc2Cl)n1. The van der Waals surface area contributed by atoms with E-state index < -0.39 is 5.97 Å². The van der Waals surface area contributed by atoms with Crippen LogP contribution in [0.1, 0.15) is 17.4 Å². The van der Waals surface area contributed by atoms with Crippen molar-refractivity contribution in [3.05, 3.63) is 40.0 Å². The minimum Gasteiger partial charge on any atom is -0.461 e. The van der Waals surface area contributed by atoms with Gasteiger partial charge in [0.25, 0.3) is 0 Å². The molecule has 0 aliphatic heterocycles. The fourth-order valence-electron chi connectivity index (χ4n) is 1.55. The molecule has 0 fully saturated rings. The monoisotopic (exact) mass is 299 g/mol. The number of esters is 1. The zero-order valence-corrected chi connectivity index (χ0v) is 11.6. The molecule has 2 rings (SSSR count). The van der Waals surface area contributed by atoms with E-state index in [0.29, 0.717) is 15.7 Å². The van der Waals surface area contributed by atoms with Gasteiger partial charge in [-0.1, -0.05) is 23.2 Å². The number of anilines is 1. The summed E-state index contributed by atoms with van der Waals surface area (Å²) in [5.41, 5.74) is 6.49. The molecule has 0 aliphatic carbocycles. The molecule has 7 heteroatoms. The Bertz CT molecular complexity index is 625. The number of rotatable bonds is 3. The van der Waals surface area contributed by atoms with Crippen LogP contribution in [0.2, 0.25) is 10.0 Å². The van der Waals surface area contributed by atoms with Crippen molar-refractivity contribution in [3.8, 4) is 5.69 Å². The van der Waals surface area contributed by atoms with Crippen LogP contribution in [0.4, 0.5) is 5.82 Å². The van der Waals surface area contributed by atoms with E-state index in [1.54, 1.807) is 25.1 Å². The van der Waals surface area contributed by atoms with Crippen LogP contribution < -0.4 is 5.73 Å². The molecular formula is C12H11Cl2N3O2. The van der Waals surface area contributed by atoms with E-state index >= 15 is 0 Å². The summed E-state index contributed by atoms with van der Waals surface area (Å²) in [4.78, 5) is 11.6. The average molecular weight is 300 g/mol. The molecule has 1 aromatic carbocycles. The van der Waals surface area contributed by atoms with E-state index in [-0.39, 0.29) is 18.1 Å². The first kappa shape index (κ1) is 13.7. The van der Waals surface area contributed by atoms with Crippen molar-refractivity contribution in [2.24, 2.45) is 0 Å². The molecular weight excluding hydrogens is 289 g/mol. The zero-order chi connectivity index (χ0) is 14.0. The number of ether oxygens (including phenoxy) is 1. The minimum atomic E-state index is -0.530. The summed E-state index contributed by atoms with van der Waals surface area (Å²) in [6, 6.07) is 6.34. The van der Waals surface area contributed by atoms with Gasteiger partial charge in [-0.25, -0.2) is 9.48 Å². The number of nitrogen functional groups attached to an aromatic ring is 1. The Labute approximate surface area is 119 Å². The lowest BCUT2D eigenvalue weighted by Crippen LogP contribution is -2.07. The van der Waals surface area contributed by atoms with Gasteiger partial charge >= 0.3 is 5.97 Å². The fourth-order valence-corrected chi connectivity index (χ4v) is 2.03. The third-order valence-corrected chi connectivity index (χ3v) is 2.90. The first-order chi connectivity index (χ1) is 9.02. The van der Waals surface area contributed by atoms with Crippen LogP contribution in [0.3, 0.4) is 0 Å². The fraction of sp³-hybridized carbons (Fsp3) is 0.167. The molecule has 0 atom stereocenters. The number of hydrogen-bond acceptors (Lipinski definition) is 4. The van der Waals surface area contributed by atoms with Gasteiger partial charge in [-0.2, -0.15) is 5.10 Å². The topological polar surface area (TPSA) is 70.1 Å². The molecule has 0 aliphatic rings. The van der Waals surface area contributed by atoms with Crippen LogP contribution in [0.15, 0.2) is 24.3 Å². The molecule has 0 amide bonds. The maximum atomic E-state index is 11.6. The van der Waals surface area contributed by atoms with E-state index in [0.717, 1.165) is 0 Å². The quantitative estimate of drug-likeness (QED) is 0.885. The number of benzene rings is 1. The Morgan fingerprint density at radius 1 is 1.42 bits per heavy atom. The van der Waals surface area contributed by atoms with E-state index in [9.17, 15) is 4.79 Å². The van der Waals surface area contributed by atoms with Gasteiger partial charge in [0.15, 0.2) is 5.69 Å². The second kappa shape index (κ2) is 5.50. The van der Waals surface area contributed by atoms with Crippen molar-refractivity contribution in [2.45, 2.75) is 6.92 Å². The predicted octanol–water partition coefficient (Wildman–Crippen LogP) is 2.94. The standard InChI is InChI=1S/C12H11Cl2N3O2/c1-2-19-12(18)9-6-11(15)17(16-9)10-4-3-7(13)5-8(10)14/h3-6H,2,15H2,1H3. The van der Waals surface area contributed by atoms with Crippen molar-refractivity contribution < 1.29 is 9.53 Å². The molecule has 0 unspecified atom stereocenters. The number of carbonyl (C=O) groups is 1. The van der Waals surface area contributed by atoms with E-state index in [2.05, 4.69) is 5.10 Å². The van der Waals surface area contributed by atoms with Crippen LogP contribution in [-0.4, -0.2) is 22.4 Å². The first-order valence-electron chi connectivity index (χ1n) is 5.51. The van der Waals surface area contributed by atoms with Gasteiger partial charge in [-0.3, -0.25) is 0 Å². The summed E-state index contributed by atoms with van der Waals surface area (Å²) < 4.78 is 6.22. The van der Waals surface area contributed by atoms with Gasteiger partial charge in [-0.15, -0.1) is 0 Å². The molecule has 0 saturated carbocycles. The second-order valence-corrected chi connectivity index (χ2v) is 4.53. The number of nitrogens with two attached hydrogens (primary N) is 1. The van der Waals surface area contributed by atoms with Crippen LogP contribution in [0, 0.1) is 0 Å². The highest BCUT2D eigenvalue weighted by Crippen LogP contribution is 2.26. The largest absolute Gasteiger partial charge is 0.461 e. The maximum Gasteiger partial charge on any atom is 0.358 e. The Balaban J connectivity index is 2.43. The molecule has 5 nitrogen and oxygen atoms in total. The van der Waals surface area contributed by atoms with Crippen molar-refractivity contribution in [1.82, 2.24) is 9.78 Å². The number of carbonyl (C=O) groups excluding carboxylic acids is 1. The minimum absolute atomic E-state index is 0.130. The van der Waals surface area contributed by atoms with Gasteiger partial charge in [-0.05, 0) is 25.1 Å². The van der Waals surface area contributed by atoms with Gasteiger partial charge in [0, 0.05) is 11.1 Å². The Morgan fingerprint density at radius 3 is 2.79 bits per heavy atom. The summed E-state index contributed by atoms with van der Waals surface area (Å²) in [6.45, 7) is 1.99. The second-order valence-electron chi connectivity index (χ2n) is 3.68. The van der Waals surface area contributed by atoms with Crippen molar-refractivity contribution in [3.63, 3.8) is 0 Å². The number of halogens is 2. The highest BCUT2D eigenvalue weighted by Gasteiger charge is 2.16. The molecule has 0 saturated heterocycles. The molecule has 2 aromatic rings. The molecule has 19 heavy (non-hydrogen) atoms. The van der Waals surface area contributed by atoms with E-state index in [1.165, 1.54) is 10.7 Å². The Morgan fingerprint density at radius 2 is 2.16 bits per heavy atom. The van der Waals surface area contributed by atoms with Crippen LogP contribution in [0.5, 0.6) is 0 Å². The highest BCUT2D eigenvalue weighted by atomic mass is 35.5. The number of aromatic nitrogens is 2. The van der Waals surface area contributed by atoms with Gasteiger partial charge in [0.05, 0.1) is 17.3 Å². The number of hydrogen-bond donors (Lipinski definition) is 1. The summed E-state index contributed by atoms with van der Waals surface area (Å²) in [7, 11) is 0. The summed E-state index contributed by atoms with van der Waals surface area (Å²) in [5, 5.41) is 4.97. The summed E-state index contributed by atoms with van der Waals surface area (Å²) in [5.74, 6) is -0.245. The lowest BCUT2D eigenvalue weighted by molar-refractivity contribution is 0.0519. The molecule has 1 aromatic heterocycles. The lowest BCUT2D eigenvalue weighted by Gasteiger charge is -2.06. The van der Waals surface area contributed by atoms with Crippen LogP contribution >= 0.6 is 23.2 Å². The van der Waals surface area contributed by atoms with Crippen molar-refractivity contribution in [2.75, 3.05) is 12.3 Å². The molecule has 1 heterocycles. The summed E-state index contributed by atoms with van der Waals surface area (Å²) in [6.07, 6.45) is 0. The molecule has 0 radical (unpaired) electrons. The van der Waals surface area contributed by atoms with E-state index in [1.807, 2.05) is 0 Å². The summed E-state index contributed by atoms with van der Waals surface area (Å²) >= 11 is 11.9. The van der Waals surface area contributed by atoms with Gasteiger partial charge < -0.3 is 10.5 Å². The zero-order valence-electron chi connectivity index (χ0n) is 10.1. The van der Waals surface area contributed by atoms with Crippen LogP contribution in [0.25, 0.3) is 5.69 Å². The van der Waals surface area contributed by atoms with Gasteiger partial charge in [0.1, 0.15) is 5.82 Å². The maximum absolute atomic E-state index is 11.6. The normalized spacial score (nSPS) is 10.5. The van der Waals surface area contributed by atoms with E-state index in [4.69, 9.17) is 33.7 Å². The first-order valence-corrected chi connectivity index (χ1v) is 6.26. The number of nitrogens with zero attached hydrogens (tertiary/aromatic N) is 2. The molecule has 0 spiro atoms. The average Bonchev–Trinajstić information content (AvgIpc) is 2.72. The Hall–Kier alpha value is -1.72. The lowest BCUT2D eigenvalue weighted by atomic mass is 10.3. The van der Waals surface area contributed by atoms with Gasteiger partial charge in [0.2, 0.25) is 0 Å². The predicted molar refractivity (Wildman–Crippen MR) is 74.0 cm³/mol. The molecule has 100 valence electrons. The highest BCUT2D eigenvalue weighted by molar-refractivity contribution is 6.35. The molecule has 2 N–H and O–H groups in total. The van der Waals surface area contributed by atoms with Crippen molar-refractivity contribution >= 4 is 35.0 Å². The van der Waals surface area contributed by atoms with Crippen LogP contribution in [-0.2, 0) is 4.74 Å². The third-order valence-electron chi connectivity index (χ3n) is 2.36. The Kier molecular flexibility index (Phi) is 3.97.